The van der Waals surface area contributed by atoms with E-state index in [0.717, 1.165) is 11.3 Å². The van der Waals surface area contributed by atoms with Crippen LogP contribution in [0.3, 0.4) is 0 Å². The molecule has 0 saturated carbocycles. The predicted molar refractivity (Wildman–Crippen MR) is 144 cm³/mol. The van der Waals surface area contributed by atoms with Crippen molar-refractivity contribution in [1.82, 2.24) is 19.7 Å². The molecule has 10 heteroatoms. The van der Waals surface area contributed by atoms with Gasteiger partial charge in [0, 0.05) is 23.6 Å². The fourth-order valence-corrected chi connectivity index (χ4v) is 4.90. The molecular formula is C26H27N5O3S2. The van der Waals surface area contributed by atoms with E-state index >= 15 is 0 Å². The molecule has 0 saturated heterocycles. The Morgan fingerprint density at radius 1 is 1.22 bits per heavy atom. The Labute approximate surface area is 218 Å². The fourth-order valence-electron chi connectivity index (χ4n) is 3.41. The molecule has 2 aromatic carbocycles. The molecular weight excluding hydrogens is 494 g/mol. The van der Waals surface area contributed by atoms with Gasteiger partial charge in [0.1, 0.15) is 11.5 Å². The first-order chi connectivity index (χ1) is 17.5. The van der Waals surface area contributed by atoms with Gasteiger partial charge in [0.2, 0.25) is 5.91 Å². The summed E-state index contributed by atoms with van der Waals surface area (Å²) in [5, 5.41) is 14.6. The van der Waals surface area contributed by atoms with Crippen molar-refractivity contribution in [2.24, 2.45) is 0 Å². The molecule has 1 N–H and O–H groups in total. The first-order valence-corrected chi connectivity index (χ1v) is 13.1. The number of hydrogen-bond acceptors (Lipinski definition) is 8. The van der Waals surface area contributed by atoms with Crippen LogP contribution >= 0.6 is 23.1 Å². The zero-order valence-corrected chi connectivity index (χ0v) is 21.9. The normalized spacial score (nSPS) is 11.6. The van der Waals surface area contributed by atoms with Crippen LogP contribution in [0.1, 0.15) is 24.4 Å². The number of carbonyl (C=O) groups is 1. The quantitative estimate of drug-likeness (QED) is 0.198. The predicted octanol–water partition coefficient (Wildman–Crippen LogP) is 5.78. The number of ether oxygens (including phenoxy) is 2. The Hall–Kier alpha value is -3.63. The second-order valence-electron chi connectivity index (χ2n) is 7.92. The topological polar surface area (TPSA) is 91.2 Å². The highest BCUT2D eigenvalue weighted by Gasteiger charge is 2.20. The molecule has 1 amide bonds. The van der Waals surface area contributed by atoms with E-state index in [2.05, 4.69) is 27.1 Å². The van der Waals surface area contributed by atoms with Crippen molar-refractivity contribution in [2.45, 2.75) is 31.7 Å². The van der Waals surface area contributed by atoms with Crippen LogP contribution in [0.25, 0.3) is 11.3 Å². The molecule has 0 aliphatic heterocycles. The van der Waals surface area contributed by atoms with Crippen molar-refractivity contribution in [1.29, 1.82) is 0 Å². The van der Waals surface area contributed by atoms with Gasteiger partial charge < -0.3 is 14.8 Å². The van der Waals surface area contributed by atoms with Gasteiger partial charge in [-0.25, -0.2) is 4.98 Å². The van der Waals surface area contributed by atoms with Crippen molar-refractivity contribution in [3.05, 3.63) is 78.0 Å². The van der Waals surface area contributed by atoms with Crippen LogP contribution in [0.2, 0.25) is 0 Å². The maximum Gasteiger partial charge on any atom is 0.236 e. The molecule has 0 aliphatic carbocycles. The molecule has 1 atom stereocenters. The highest BCUT2D eigenvalue weighted by Crippen LogP contribution is 2.28. The smallest absolute Gasteiger partial charge is 0.236 e. The monoisotopic (exact) mass is 521 g/mol. The minimum atomic E-state index is -0.372. The van der Waals surface area contributed by atoms with Crippen LogP contribution in [-0.2, 0) is 11.3 Å². The van der Waals surface area contributed by atoms with Crippen molar-refractivity contribution < 1.29 is 14.3 Å². The van der Waals surface area contributed by atoms with Crippen LogP contribution in [-0.4, -0.2) is 38.5 Å². The van der Waals surface area contributed by atoms with Gasteiger partial charge in [-0.2, -0.15) is 0 Å². The molecule has 0 radical (unpaired) electrons. The Morgan fingerprint density at radius 3 is 2.75 bits per heavy atom. The number of thioether (sulfide) groups is 1. The number of hydrogen-bond donors (Lipinski definition) is 1. The molecule has 4 aromatic rings. The maximum absolute atomic E-state index is 12.6. The third kappa shape index (κ3) is 6.32. The molecule has 186 valence electrons. The number of rotatable bonds is 11. The van der Waals surface area contributed by atoms with E-state index in [1.807, 2.05) is 72.3 Å². The number of thiazole rings is 1. The SMILES string of the molecule is C=CCn1c(SCC(=O)Nc2nc(-c3ccc(C)cc3)cs2)nnc1C(C)Oc1cccc(OC)c1. The molecule has 0 aliphatic rings. The van der Waals surface area contributed by atoms with Crippen molar-refractivity contribution in [2.75, 3.05) is 18.2 Å². The summed E-state index contributed by atoms with van der Waals surface area (Å²) in [5.41, 5.74) is 3.04. The molecule has 36 heavy (non-hydrogen) atoms. The van der Waals surface area contributed by atoms with Gasteiger partial charge in [0.05, 0.1) is 18.6 Å². The van der Waals surface area contributed by atoms with E-state index in [0.29, 0.717) is 34.2 Å². The summed E-state index contributed by atoms with van der Waals surface area (Å²) in [6, 6.07) is 15.5. The second-order valence-corrected chi connectivity index (χ2v) is 9.72. The van der Waals surface area contributed by atoms with Crippen LogP contribution in [0.4, 0.5) is 5.13 Å². The average Bonchev–Trinajstić information content (AvgIpc) is 3.51. The van der Waals surface area contributed by atoms with Crippen molar-refractivity contribution in [3.8, 4) is 22.8 Å². The third-order valence-corrected chi connectivity index (χ3v) is 6.93. The lowest BCUT2D eigenvalue weighted by Gasteiger charge is -2.16. The standard InChI is InChI=1S/C26H27N5O3S2/c1-5-13-31-24(18(3)34-21-8-6-7-20(14-21)33-4)29-30-26(31)36-16-23(32)28-25-27-22(15-35-25)19-11-9-17(2)10-12-19/h5-12,14-15,18H,1,13,16H2,2-4H3,(H,27,28,32). The summed E-state index contributed by atoms with van der Waals surface area (Å²) in [4.78, 5) is 17.1. The van der Waals surface area contributed by atoms with Gasteiger partial charge in [-0.15, -0.1) is 28.1 Å². The highest BCUT2D eigenvalue weighted by molar-refractivity contribution is 7.99. The summed E-state index contributed by atoms with van der Waals surface area (Å²) in [7, 11) is 1.61. The van der Waals surface area contributed by atoms with E-state index in [-0.39, 0.29) is 17.8 Å². The fraction of sp³-hybridized carbons (Fsp3) is 0.231. The Bertz CT molecular complexity index is 1330. The third-order valence-electron chi connectivity index (χ3n) is 5.21. The van der Waals surface area contributed by atoms with Gasteiger partial charge in [0.15, 0.2) is 22.2 Å². The summed E-state index contributed by atoms with van der Waals surface area (Å²) in [6.07, 6.45) is 1.39. The number of nitrogens with zero attached hydrogens (tertiary/aromatic N) is 4. The Morgan fingerprint density at radius 2 is 2.00 bits per heavy atom. The summed E-state index contributed by atoms with van der Waals surface area (Å²) in [6.45, 7) is 8.27. The van der Waals surface area contributed by atoms with Crippen LogP contribution < -0.4 is 14.8 Å². The zero-order valence-electron chi connectivity index (χ0n) is 20.3. The number of amides is 1. The van der Waals surface area contributed by atoms with Gasteiger partial charge in [-0.1, -0.05) is 53.7 Å². The largest absolute Gasteiger partial charge is 0.497 e. The molecule has 0 bridgehead atoms. The number of aromatic nitrogens is 4. The molecule has 8 nitrogen and oxygen atoms in total. The van der Waals surface area contributed by atoms with E-state index in [9.17, 15) is 4.79 Å². The van der Waals surface area contributed by atoms with E-state index in [4.69, 9.17) is 9.47 Å². The van der Waals surface area contributed by atoms with Crippen molar-refractivity contribution >= 4 is 34.1 Å². The van der Waals surface area contributed by atoms with Gasteiger partial charge in [-0.3, -0.25) is 9.36 Å². The van der Waals surface area contributed by atoms with Crippen LogP contribution in [0, 0.1) is 6.92 Å². The number of allylic oxidation sites excluding steroid dienone is 1. The molecule has 0 fully saturated rings. The second kappa shape index (κ2) is 11.9. The van der Waals surface area contributed by atoms with Gasteiger partial charge >= 0.3 is 0 Å². The molecule has 0 spiro atoms. The molecule has 4 rings (SSSR count). The molecule has 1 unspecified atom stereocenters. The van der Waals surface area contributed by atoms with E-state index in [1.54, 1.807) is 13.2 Å². The molecule has 2 heterocycles. The van der Waals surface area contributed by atoms with Crippen LogP contribution in [0.15, 0.2) is 71.7 Å². The number of methoxy groups -OCH3 is 1. The Balaban J connectivity index is 1.38. The molecule has 2 aromatic heterocycles. The van der Waals surface area contributed by atoms with E-state index in [1.165, 1.54) is 28.7 Å². The van der Waals surface area contributed by atoms with E-state index < -0.39 is 0 Å². The Kier molecular flexibility index (Phi) is 8.40. The lowest BCUT2D eigenvalue weighted by Crippen LogP contribution is -2.15. The first-order valence-electron chi connectivity index (χ1n) is 11.3. The highest BCUT2D eigenvalue weighted by atomic mass is 32.2. The number of carbonyl (C=O) groups excluding carboxylic acids is 1. The lowest BCUT2D eigenvalue weighted by atomic mass is 10.1. The summed E-state index contributed by atoms with van der Waals surface area (Å²) >= 11 is 2.70. The van der Waals surface area contributed by atoms with Crippen molar-refractivity contribution in [3.63, 3.8) is 0 Å². The summed E-state index contributed by atoms with van der Waals surface area (Å²) in [5.74, 6) is 2.01. The lowest BCUT2D eigenvalue weighted by molar-refractivity contribution is -0.113. The zero-order chi connectivity index (χ0) is 25.5. The number of aryl methyl sites for hydroxylation is 1. The number of nitrogens with one attached hydrogen (secondary N) is 1. The maximum atomic E-state index is 12.6. The average molecular weight is 522 g/mol. The van der Waals surface area contributed by atoms with Crippen LogP contribution in [0.5, 0.6) is 11.5 Å². The minimum absolute atomic E-state index is 0.166. The minimum Gasteiger partial charge on any atom is -0.497 e. The first kappa shape index (κ1) is 25.5. The summed E-state index contributed by atoms with van der Waals surface area (Å²) < 4.78 is 13.2. The number of anilines is 1. The van der Waals surface area contributed by atoms with Gasteiger partial charge in [-0.05, 0) is 26.0 Å². The number of benzene rings is 2. The van der Waals surface area contributed by atoms with Gasteiger partial charge in [0.25, 0.3) is 0 Å².